The molecule has 1 nitrogen and oxygen atoms in total. The van der Waals surface area contributed by atoms with Crippen LogP contribution < -0.4 is 4.74 Å². The molecule has 0 saturated heterocycles. The van der Waals surface area contributed by atoms with Gasteiger partial charge in [0.1, 0.15) is 0 Å². The number of hydrogen-bond donors (Lipinski definition) is 0. The van der Waals surface area contributed by atoms with E-state index in [1.54, 1.807) is 0 Å². The van der Waals surface area contributed by atoms with Crippen LogP contribution >= 0.6 is 13.6 Å². The molecule has 84 valence electrons. The maximum atomic E-state index is 13.1. The molecule has 2 aromatic carbocycles. The third-order valence-corrected chi connectivity index (χ3v) is 2.01. The molecular formula is C13H10BrFOZn. The summed E-state index contributed by atoms with van der Waals surface area (Å²) in [5, 5.41) is 0. The Kier molecular flexibility index (Phi) is 7.06. The molecule has 0 aromatic heterocycles. The molecule has 4 heteroatoms. The van der Waals surface area contributed by atoms with E-state index in [0.717, 1.165) is 5.56 Å². The SMILES string of the molecule is Fc1cc[c-]cc1OCc1ccccc1.[Zn+][Br]. The Labute approximate surface area is 117 Å². The van der Waals surface area contributed by atoms with Gasteiger partial charge in [-0.3, -0.25) is 0 Å². The zero-order valence-electron chi connectivity index (χ0n) is 9.20. The van der Waals surface area contributed by atoms with Crippen LogP contribution in [0.15, 0.2) is 48.5 Å². The molecule has 0 aliphatic carbocycles. The second-order valence-electron chi connectivity index (χ2n) is 3.13. The molecule has 0 fully saturated rings. The Balaban J connectivity index is 0.000000686. The number of hydrogen-bond acceptors (Lipinski definition) is 1. The van der Waals surface area contributed by atoms with Crippen molar-refractivity contribution >= 4 is 13.6 Å². The van der Waals surface area contributed by atoms with E-state index < -0.39 is 0 Å². The Hall–Kier alpha value is -0.727. The molecule has 0 aliphatic heterocycles. The van der Waals surface area contributed by atoms with Crippen LogP contribution in [0.3, 0.4) is 0 Å². The molecule has 0 radical (unpaired) electrons. The van der Waals surface area contributed by atoms with Gasteiger partial charge in [-0.15, -0.1) is 12.1 Å². The predicted molar refractivity (Wildman–Crippen MR) is 64.9 cm³/mol. The molecule has 0 amide bonds. The second-order valence-corrected chi connectivity index (χ2v) is 3.13. The van der Waals surface area contributed by atoms with Crippen molar-refractivity contribution < 1.29 is 25.5 Å². The number of benzene rings is 2. The van der Waals surface area contributed by atoms with E-state index in [1.807, 2.05) is 30.3 Å². The Morgan fingerprint density at radius 1 is 1.18 bits per heavy atom. The third kappa shape index (κ3) is 4.97. The van der Waals surface area contributed by atoms with Gasteiger partial charge in [-0.2, -0.15) is 12.1 Å². The standard InChI is InChI=1S/C13H10FO.BrH.Zn/c14-12-8-4-5-9-13(12)15-10-11-6-2-1-3-7-11;;/h1-4,6-9H,10H2;1H;/q-1;;+2/p-1. The van der Waals surface area contributed by atoms with Crippen molar-refractivity contribution in [2.24, 2.45) is 0 Å². The number of halogens is 2. The zero-order valence-corrected chi connectivity index (χ0v) is 13.8. The summed E-state index contributed by atoms with van der Waals surface area (Å²) in [5.41, 5.74) is 1.01. The van der Waals surface area contributed by atoms with Crippen LogP contribution in [0.4, 0.5) is 4.39 Å². The van der Waals surface area contributed by atoms with Gasteiger partial charge >= 0.3 is 30.0 Å². The fourth-order valence-corrected chi connectivity index (χ4v) is 1.24. The fraction of sp³-hybridized carbons (Fsp3) is 0.0769. The van der Waals surface area contributed by atoms with Gasteiger partial charge in [0, 0.05) is 5.75 Å². The maximum absolute atomic E-state index is 13.1. The van der Waals surface area contributed by atoms with Crippen molar-refractivity contribution in [3.8, 4) is 5.75 Å². The quantitative estimate of drug-likeness (QED) is 0.602. The van der Waals surface area contributed by atoms with E-state index in [1.165, 1.54) is 34.5 Å². The number of ether oxygens (including phenoxy) is 1. The second kappa shape index (κ2) is 8.38. The first-order chi connectivity index (χ1) is 8.36. The zero-order chi connectivity index (χ0) is 12.5. The summed E-state index contributed by atoms with van der Waals surface area (Å²) >= 11 is 4.25. The van der Waals surface area contributed by atoms with Gasteiger partial charge in [-0.25, -0.2) is 4.39 Å². The molecule has 0 saturated carbocycles. The van der Waals surface area contributed by atoms with E-state index in [4.69, 9.17) is 4.74 Å². The van der Waals surface area contributed by atoms with Crippen molar-refractivity contribution in [1.82, 2.24) is 0 Å². The van der Waals surface area contributed by atoms with E-state index in [0.29, 0.717) is 6.61 Å². The molecule has 17 heavy (non-hydrogen) atoms. The Morgan fingerprint density at radius 3 is 2.53 bits per heavy atom. The average molecular weight is 347 g/mol. The van der Waals surface area contributed by atoms with Crippen LogP contribution in [0.1, 0.15) is 5.56 Å². The van der Waals surface area contributed by atoms with Gasteiger partial charge in [0.05, 0.1) is 12.4 Å². The molecule has 0 spiro atoms. The normalized spacial score (nSPS) is 9.18. The molecule has 0 atom stereocenters. The third-order valence-electron chi connectivity index (χ3n) is 2.01. The van der Waals surface area contributed by atoms with Gasteiger partial charge in [-0.1, -0.05) is 30.3 Å². The number of rotatable bonds is 3. The van der Waals surface area contributed by atoms with Crippen LogP contribution in [-0.2, 0) is 22.9 Å². The summed E-state index contributed by atoms with van der Waals surface area (Å²) in [7, 11) is 0. The minimum absolute atomic E-state index is 0.237. The summed E-state index contributed by atoms with van der Waals surface area (Å²) in [6.45, 7) is 0.371. The van der Waals surface area contributed by atoms with Gasteiger partial charge in [0.2, 0.25) is 0 Å². The van der Waals surface area contributed by atoms with Gasteiger partial charge in [0.25, 0.3) is 0 Å². The van der Waals surface area contributed by atoms with Crippen molar-refractivity contribution in [2.75, 3.05) is 0 Å². The van der Waals surface area contributed by atoms with Gasteiger partial charge in [-0.05, 0) is 5.56 Å². The summed E-state index contributed by atoms with van der Waals surface area (Å²) in [4.78, 5) is 0. The molecule has 0 unspecified atom stereocenters. The summed E-state index contributed by atoms with van der Waals surface area (Å²) in [6.07, 6.45) is 0. The van der Waals surface area contributed by atoms with Crippen molar-refractivity contribution in [3.05, 3.63) is 66.0 Å². The van der Waals surface area contributed by atoms with Crippen molar-refractivity contribution in [1.29, 1.82) is 0 Å². The average Bonchev–Trinajstić information content (AvgIpc) is 2.41. The van der Waals surface area contributed by atoms with Crippen LogP contribution in [0.25, 0.3) is 0 Å². The molecule has 0 bridgehead atoms. The van der Waals surface area contributed by atoms with Gasteiger partial charge < -0.3 is 4.74 Å². The van der Waals surface area contributed by atoms with Crippen LogP contribution in [-0.4, -0.2) is 0 Å². The molecule has 0 heterocycles. The van der Waals surface area contributed by atoms with Crippen LogP contribution in [0, 0.1) is 11.9 Å². The molecule has 0 aliphatic rings. The van der Waals surface area contributed by atoms with E-state index in [-0.39, 0.29) is 11.6 Å². The molecule has 2 rings (SSSR count). The summed E-state index contributed by atoms with van der Waals surface area (Å²) in [6, 6.07) is 16.8. The Bertz CT molecular complexity index is 436. The van der Waals surface area contributed by atoms with Crippen molar-refractivity contribution in [3.63, 3.8) is 0 Å². The first-order valence-corrected chi connectivity index (χ1v) is 11.9. The first-order valence-electron chi connectivity index (χ1n) is 4.95. The van der Waals surface area contributed by atoms with E-state index in [9.17, 15) is 4.39 Å². The fourth-order valence-electron chi connectivity index (χ4n) is 1.24. The Morgan fingerprint density at radius 2 is 1.88 bits per heavy atom. The monoisotopic (exact) mass is 344 g/mol. The minimum atomic E-state index is -0.357. The van der Waals surface area contributed by atoms with Crippen molar-refractivity contribution in [2.45, 2.75) is 6.61 Å². The summed E-state index contributed by atoms with van der Waals surface area (Å²) < 4.78 is 18.5. The van der Waals surface area contributed by atoms with Gasteiger partial charge in [0.15, 0.2) is 0 Å². The molecular weight excluding hydrogens is 336 g/mol. The molecule has 2 aromatic rings. The van der Waals surface area contributed by atoms with Crippen LogP contribution in [0.5, 0.6) is 5.75 Å². The van der Waals surface area contributed by atoms with E-state index >= 15 is 0 Å². The topological polar surface area (TPSA) is 9.23 Å². The van der Waals surface area contributed by atoms with E-state index in [2.05, 4.69) is 19.7 Å². The predicted octanol–water partition coefficient (Wildman–Crippen LogP) is 4.05. The molecule has 0 N–H and O–H groups in total. The first kappa shape index (κ1) is 14.3. The van der Waals surface area contributed by atoms with Crippen LogP contribution in [0.2, 0.25) is 0 Å². The summed E-state index contributed by atoms with van der Waals surface area (Å²) in [5.74, 6) is -0.119.